The van der Waals surface area contributed by atoms with Crippen LogP contribution >= 0.6 is 22.9 Å². The van der Waals surface area contributed by atoms with Crippen LogP contribution in [0.3, 0.4) is 0 Å². The zero-order valence-corrected chi connectivity index (χ0v) is 23.5. The number of benzene rings is 4. The molecule has 0 saturated carbocycles. The lowest BCUT2D eigenvalue weighted by molar-refractivity contribution is -0.122. The number of nitrogens with zero attached hydrogens (tertiary/aromatic N) is 3. The van der Waals surface area contributed by atoms with E-state index in [9.17, 15) is 18.8 Å². The van der Waals surface area contributed by atoms with Crippen molar-refractivity contribution in [2.45, 2.75) is 25.9 Å². The lowest BCUT2D eigenvalue weighted by atomic mass is 10.1. The van der Waals surface area contributed by atoms with Crippen LogP contribution in [-0.4, -0.2) is 33.6 Å². The number of hydrogen-bond donors (Lipinski definition) is 0. The van der Waals surface area contributed by atoms with E-state index < -0.39 is 29.6 Å². The zero-order valence-electron chi connectivity index (χ0n) is 21.9. The second-order valence-electron chi connectivity index (χ2n) is 9.86. The highest BCUT2D eigenvalue weighted by molar-refractivity contribution is 7.21. The lowest BCUT2D eigenvalue weighted by Crippen LogP contribution is -2.45. The Hall–Kier alpha value is -4.40. The van der Waals surface area contributed by atoms with Crippen LogP contribution in [0.5, 0.6) is 0 Å². The quantitative estimate of drug-likeness (QED) is 0.201. The van der Waals surface area contributed by atoms with Crippen molar-refractivity contribution in [3.63, 3.8) is 0 Å². The maximum absolute atomic E-state index is 13.7. The second-order valence-corrected chi connectivity index (χ2v) is 11.3. The molecule has 3 amide bonds. The van der Waals surface area contributed by atoms with Gasteiger partial charge in [-0.15, -0.1) is 11.3 Å². The number of anilines is 1. The molecule has 0 aliphatic carbocycles. The Labute approximate surface area is 244 Å². The lowest BCUT2D eigenvalue weighted by Gasteiger charge is -2.28. The van der Waals surface area contributed by atoms with Crippen LogP contribution in [0.15, 0.2) is 91.0 Å². The molecule has 9 heteroatoms. The fourth-order valence-corrected chi connectivity index (χ4v) is 6.20. The van der Waals surface area contributed by atoms with Gasteiger partial charge in [0.25, 0.3) is 11.8 Å². The van der Waals surface area contributed by atoms with E-state index in [2.05, 4.69) is 6.07 Å². The summed E-state index contributed by atoms with van der Waals surface area (Å²) in [6.07, 6.45) is -0.185. The summed E-state index contributed by atoms with van der Waals surface area (Å²) in [5, 5.41) is 1.27. The van der Waals surface area contributed by atoms with Crippen molar-refractivity contribution < 1.29 is 18.8 Å². The number of carbonyl (C=O) groups excluding carboxylic acids is 3. The molecule has 2 heterocycles. The van der Waals surface area contributed by atoms with Crippen molar-refractivity contribution in [2.24, 2.45) is 0 Å². The van der Waals surface area contributed by atoms with Gasteiger partial charge in [-0.2, -0.15) is 0 Å². The van der Waals surface area contributed by atoms with Crippen LogP contribution in [-0.2, 0) is 16.1 Å². The van der Waals surface area contributed by atoms with Crippen molar-refractivity contribution in [1.29, 1.82) is 0 Å². The number of thiazole rings is 1. The number of halogens is 2. The van der Waals surface area contributed by atoms with Gasteiger partial charge in [-0.3, -0.25) is 14.4 Å². The van der Waals surface area contributed by atoms with Crippen molar-refractivity contribution in [3.8, 4) is 10.6 Å². The van der Waals surface area contributed by atoms with Crippen molar-refractivity contribution in [2.75, 3.05) is 4.90 Å². The van der Waals surface area contributed by atoms with E-state index in [1.165, 1.54) is 29.2 Å². The topological polar surface area (TPSA) is 70.6 Å². The summed E-state index contributed by atoms with van der Waals surface area (Å²) in [5.41, 5.74) is 4.18. The SMILES string of the molecule is Cc1ccc2nc(-c3ccc(N4C(=O)CC(N(Cc5ccccc5Cl)C(=O)c5ccc(F)cc5)C4=O)cc3)sc2c1. The highest BCUT2D eigenvalue weighted by Crippen LogP contribution is 2.34. The summed E-state index contributed by atoms with van der Waals surface area (Å²) >= 11 is 7.96. The van der Waals surface area contributed by atoms with E-state index in [1.807, 2.05) is 31.2 Å². The zero-order chi connectivity index (χ0) is 28.7. The molecule has 1 saturated heterocycles. The molecule has 0 spiro atoms. The van der Waals surface area contributed by atoms with E-state index in [0.29, 0.717) is 16.3 Å². The minimum absolute atomic E-state index is 0.00340. The van der Waals surface area contributed by atoms with Gasteiger partial charge in [-0.25, -0.2) is 14.3 Å². The van der Waals surface area contributed by atoms with E-state index in [1.54, 1.807) is 47.7 Å². The Morgan fingerprint density at radius 1 is 1.02 bits per heavy atom. The van der Waals surface area contributed by atoms with Gasteiger partial charge in [0.2, 0.25) is 5.91 Å². The van der Waals surface area contributed by atoms with E-state index in [4.69, 9.17) is 16.6 Å². The summed E-state index contributed by atoms with van der Waals surface area (Å²) in [6.45, 7) is 2.04. The highest BCUT2D eigenvalue weighted by atomic mass is 35.5. The van der Waals surface area contributed by atoms with Gasteiger partial charge in [0.1, 0.15) is 16.9 Å². The summed E-state index contributed by atoms with van der Waals surface area (Å²) in [7, 11) is 0. The first-order valence-corrected chi connectivity index (χ1v) is 14.1. The average Bonchev–Trinajstić information content (AvgIpc) is 3.52. The van der Waals surface area contributed by atoms with Gasteiger partial charge >= 0.3 is 0 Å². The van der Waals surface area contributed by atoms with Gasteiger partial charge in [0.05, 0.1) is 22.3 Å². The number of fused-ring (bicyclic) bond motifs is 1. The largest absolute Gasteiger partial charge is 0.322 e. The van der Waals surface area contributed by atoms with Gasteiger partial charge in [-0.1, -0.05) is 35.9 Å². The molecule has 5 aromatic rings. The molecule has 0 bridgehead atoms. The minimum atomic E-state index is -1.05. The molecule has 1 aromatic heterocycles. The third-order valence-corrected chi connectivity index (χ3v) is 8.50. The number of aromatic nitrogens is 1. The molecule has 6 nitrogen and oxygen atoms in total. The monoisotopic (exact) mass is 583 g/mol. The van der Waals surface area contributed by atoms with Gasteiger partial charge < -0.3 is 4.90 Å². The number of carbonyl (C=O) groups is 3. The molecular formula is C32H23ClFN3O3S. The molecule has 1 aliphatic rings. The standard InChI is InChI=1S/C32H23ClFN3O3S/c1-19-6-15-26-28(16-19)41-30(35-26)20-9-13-24(14-10-20)37-29(38)17-27(32(37)40)36(18-22-4-2-3-5-25(22)33)31(39)21-7-11-23(34)12-8-21/h2-16,27H,17-18H2,1H3. The Morgan fingerprint density at radius 2 is 1.76 bits per heavy atom. The van der Waals surface area contributed by atoms with Crippen LogP contribution in [0.2, 0.25) is 5.02 Å². The van der Waals surface area contributed by atoms with E-state index in [-0.39, 0.29) is 18.5 Å². The van der Waals surface area contributed by atoms with Crippen LogP contribution in [0.4, 0.5) is 10.1 Å². The second kappa shape index (κ2) is 10.9. The van der Waals surface area contributed by atoms with E-state index >= 15 is 0 Å². The van der Waals surface area contributed by atoms with Crippen LogP contribution in [0.25, 0.3) is 20.8 Å². The number of rotatable bonds is 6. The summed E-state index contributed by atoms with van der Waals surface area (Å²) in [6, 6.07) is 24.2. The predicted octanol–water partition coefficient (Wildman–Crippen LogP) is 7.04. The first-order valence-electron chi connectivity index (χ1n) is 12.9. The first kappa shape index (κ1) is 26.8. The van der Waals surface area contributed by atoms with Crippen LogP contribution < -0.4 is 4.90 Å². The van der Waals surface area contributed by atoms with Crippen molar-refractivity contribution in [3.05, 3.63) is 119 Å². The maximum Gasteiger partial charge on any atom is 0.257 e. The van der Waals surface area contributed by atoms with Crippen LogP contribution in [0, 0.1) is 12.7 Å². The number of aryl methyl sites for hydroxylation is 1. The molecule has 1 fully saturated rings. The smallest absolute Gasteiger partial charge is 0.257 e. The van der Waals surface area contributed by atoms with Gasteiger partial charge in [-0.05, 0) is 84.8 Å². The molecule has 0 N–H and O–H groups in total. The number of imide groups is 1. The predicted molar refractivity (Wildman–Crippen MR) is 158 cm³/mol. The molecule has 1 unspecified atom stereocenters. The molecule has 204 valence electrons. The molecule has 6 rings (SSSR count). The molecule has 1 aliphatic heterocycles. The summed E-state index contributed by atoms with van der Waals surface area (Å²) in [5.74, 6) is -1.92. The third kappa shape index (κ3) is 5.24. The highest BCUT2D eigenvalue weighted by Gasteiger charge is 2.44. The first-order chi connectivity index (χ1) is 19.8. The third-order valence-electron chi connectivity index (χ3n) is 7.07. The van der Waals surface area contributed by atoms with Crippen molar-refractivity contribution >= 4 is 56.6 Å². The van der Waals surface area contributed by atoms with Gasteiger partial charge in [0, 0.05) is 22.7 Å². The fourth-order valence-electron chi connectivity index (χ4n) is 4.93. The van der Waals surface area contributed by atoms with Gasteiger partial charge in [0.15, 0.2) is 0 Å². The maximum atomic E-state index is 13.7. The minimum Gasteiger partial charge on any atom is -0.322 e. The number of amides is 3. The van der Waals surface area contributed by atoms with E-state index in [0.717, 1.165) is 31.3 Å². The summed E-state index contributed by atoms with van der Waals surface area (Å²) < 4.78 is 14.6. The molecule has 41 heavy (non-hydrogen) atoms. The molecular weight excluding hydrogens is 561 g/mol. The Morgan fingerprint density at radius 3 is 2.49 bits per heavy atom. The molecule has 1 atom stereocenters. The van der Waals surface area contributed by atoms with Crippen molar-refractivity contribution in [1.82, 2.24) is 9.88 Å². The summed E-state index contributed by atoms with van der Waals surface area (Å²) in [4.78, 5) is 47.7. The Bertz CT molecular complexity index is 1800. The average molecular weight is 584 g/mol. The fraction of sp³-hybridized carbons (Fsp3) is 0.125. The molecule has 4 aromatic carbocycles. The normalized spacial score (nSPS) is 15.1. The molecule has 0 radical (unpaired) electrons. The Balaban J connectivity index is 1.29. The number of hydrogen-bond acceptors (Lipinski definition) is 5. The van der Waals surface area contributed by atoms with Crippen LogP contribution in [0.1, 0.15) is 27.9 Å². The Kier molecular flexibility index (Phi) is 7.11.